The smallest absolute Gasteiger partial charge is 0.342 e. The van der Waals surface area contributed by atoms with Crippen LogP contribution in [0.2, 0.25) is 0 Å². The van der Waals surface area contributed by atoms with Gasteiger partial charge in [0.15, 0.2) is 6.61 Å². The number of benzene rings is 3. The number of hydrogen-bond acceptors (Lipinski definition) is 5. The zero-order valence-electron chi connectivity index (χ0n) is 17.4. The van der Waals surface area contributed by atoms with Gasteiger partial charge in [-0.3, -0.25) is 4.79 Å². The molecule has 0 aliphatic heterocycles. The van der Waals surface area contributed by atoms with E-state index in [-0.39, 0.29) is 18.1 Å². The molecule has 0 saturated heterocycles. The minimum atomic E-state index is -0.608. The van der Waals surface area contributed by atoms with E-state index in [1.54, 1.807) is 31.4 Å². The number of amides is 1. The molecule has 0 fully saturated rings. The van der Waals surface area contributed by atoms with Crippen molar-refractivity contribution in [2.75, 3.05) is 20.3 Å². The Balaban J connectivity index is 1.47. The van der Waals surface area contributed by atoms with E-state index in [0.717, 1.165) is 16.9 Å². The highest BCUT2D eigenvalue weighted by Gasteiger charge is 2.15. The lowest BCUT2D eigenvalue weighted by molar-refractivity contribution is -0.124. The van der Waals surface area contributed by atoms with E-state index in [2.05, 4.69) is 5.32 Å². The van der Waals surface area contributed by atoms with E-state index in [9.17, 15) is 9.59 Å². The van der Waals surface area contributed by atoms with Crippen LogP contribution in [0.1, 0.15) is 21.5 Å². The number of carbonyl (C=O) groups is 2. The lowest BCUT2D eigenvalue weighted by Gasteiger charge is -2.12. The van der Waals surface area contributed by atoms with Crippen molar-refractivity contribution in [3.8, 4) is 11.5 Å². The molecule has 6 heteroatoms. The van der Waals surface area contributed by atoms with Crippen molar-refractivity contribution in [1.29, 1.82) is 0 Å². The molecule has 6 nitrogen and oxygen atoms in total. The van der Waals surface area contributed by atoms with Crippen LogP contribution in [0.4, 0.5) is 0 Å². The summed E-state index contributed by atoms with van der Waals surface area (Å²) < 4.78 is 16.2. The Hall–Kier alpha value is -3.80. The molecule has 3 rings (SSSR count). The summed E-state index contributed by atoms with van der Waals surface area (Å²) in [6, 6.07) is 24.1. The number of esters is 1. The molecule has 1 N–H and O–H groups in total. The van der Waals surface area contributed by atoms with E-state index in [1.165, 1.54) is 0 Å². The molecule has 0 aliphatic carbocycles. The molecule has 0 radical (unpaired) electrons. The number of methoxy groups -OCH3 is 1. The maximum atomic E-state index is 12.5. The lowest BCUT2D eigenvalue weighted by atomic mass is 10.1. The van der Waals surface area contributed by atoms with Crippen LogP contribution in [0.25, 0.3) is 0 Å². The highest BCUT2D eigenvalue weighted by molar-refractivity contribution is 5.94. The lowest BCUT2D eigenvalue weighted by Crippen LogP contribution is -2.30. The van der Waals surface area contributed by atoms with Crippen LogP contribution >= 0.6 is 0 Å². The Morgan fingerprint density at radius 2 is 1.52 bits per heavy atom. The predicted molar refractivity (Wildman–Crippen MR) is 117 cm³/mol. The van der Waals surface area contributed by atoms with Crippen molar-refractivity contribution in [2.45, 2.75) is 13.0 Å². The van der Waals surface area contributed by atoms with Gasteiger partial charge >= 0.3 is 5.97 Å². The van der Waals surface area contributed by atoms with Crippen LogP contribution in [-0.2, 0) is 22.6 Å². The Morgan fingerprint density at radius 1 is 0.839 bits per heavy atom. The van der Waals surface area contributed by atoms with Gasteiger partial charge < -0.3 is 19.5 Å². The molecule has 0 saturated carbocycles. The quantitative estimate of drug-likeness (QED) is 0.506. The third-order valence-corrected chi connectivity index (χ3v) is 4.59. The van der Waals surface area contributed by atoms with Crippen molar-refractivity contribution in [1.82, 2.24) is 5.32 Å². The summed E-state index contributed by atoms with van der Waals surface area (Å²) in [6.07, 6.45) is 0.611. The summed E-state index contributed by atoms with van der Waals surface area (Å²) in [5.74, 6) is 0.206. The Morgan fingerprint density at radius 3 is 2.29 bits per heavy atom. The SMILES string of the molecule is COc1ccccc1CCNC(=O)COC(=O)c1ccccc1OCc1ccccc1. The average molecular weight is 419 g/mol. The third kappa shape index (κ3) is 6.60. The highest BCUT2D eigenvalue weighted by atomic mass is 16.5. The van der Waals surface area contributed by atoms with E-state index in [4.69, 9.17) is 14.2 Å². The third-order valence-electron chi connectivity index (χ3n) is 4.59. The van der Waals surface area contributed by atoms with Crippen LogP contribution in [0.5, 0.6) is 11.5 Å². The maximum absolute atomic E-state index is 12.5. The second-order valence-electron chi connectivity index (χ2n) is 6.76. The van der Waals surface area contributed by atoms with Crippen LogP contribution in [-0.4, -0.2) is 32.1 Å². The fraction of sp³-hybridized carbons (Fsp3) is 0.200. The number of carbonyl (C=O) groups excluding carboxylic acids is 2. The van der Waals surface area contributed by atoms with E-state index >= 15 is 0 Å². The first-order valence-electron chi connectivity index (χ1n) is 9.99. The van der Waals surface area contributed by atoms with Gasteiger partial charge in [-0.25, -0.2) is 4.79 Å². The summed E-state index contributed by atoms with van der Waals surface area (Å²) in [5.41, 5.74) is 2.26. The number of nitrogens with one attached hydrogen (secondary N) is 1. The predicted octanol–water partition coefficient (Wildman–Crippen LogP) is 3.79. The van der Waals surface area contributed by atoms with Crippen LogP contribution in [0.15, 0.2) is 78.9 Å². The van der Waals surface area contributed by atoms with Gasteiger partial charge in [-0.2, -0.15) is 0 Å². The van der Waals surface area contributed by atoms with E-state index in [1.807, 2.05) is 54.6 Å². The average Bonchev–Trinajstić information content (AvgIpc) is 2.82. The number of rotatable bonds is 10. The summed E-state index contributed by atoms with van der Waals surface area (Å²) in [5, 5.41) is 2.75. The first-order chi connectivity index (χ1) is 15.2. The standard InChI is InChI=1S/C25H25NO5/c1-29-22-13-7-5-11-20(22)15-16-26-24(27)18-31-25(28)21-12-6-8-14-23(21)30-17-19-9-3-2-4-10-19/h2-14H,15-18H2,1H3,(H,26,27). The van der Waals surface area contributed by atoms with Gasteiger partial charge in [-0.05, 0) is 35.7 Å². The largest absolute Gasteiger partial charge is 0.496 e. The minimum absolute atomic E-state index is 0.278. The molecule has 0 atom stereocenters. The van der Waals surface area contributed by atoms with Crippen molar-refractivity contribution in [2.24, 2.45) is 0 Å². The zero-order chi connectivity index (χ0) is 21.9. The zero-order valence-corrected chi connectivity index (χ0v) is 17.4. The van der Waals surface area contributed by atoms with Gasteiger partial charge in [-0.1, -0.05) is 60.7 Å². The monoisotopic (exact) mass is 419 g/mol. The van der Waals surface area contributed by atoms with Gasteiger partial charge in [0.25, 0.3) is 5.91 Å². The summed E-state index contributed by atoms with van der Waals surface area (Å²) >= 11 is 0. The first-order valence-corrected chi connectivity index (χ1v) is 9.99. The molecule has 0 heterocycles. The first kappa shape index (κ1) is 21.9. The van der Waals surface area contributed by atoms with E-state index in [0.29, 0.717) is 25.3 Å². The number of ether oxygens (including phenoxy) is 3. The van der Waals surface area contributed by atoms with Crippen molar-refractivity contribution < 1.29 is 23.8 Å². The maximum Gasteiger partial charge on any atom is 0.342 e. The molecule has 0 aliphatic rings. The molecule has 3 aromatic rings. The molecular weight excluding hydrogens is 394 g/mol. The number of hydrogen-bond donors (Lipinski definition) is 1. The van der Waals surface area contributed by atoms with Gasteiger partial charge in [0.2, 0.25) is 0 Å². The molecule has 0 unspecified atom stereocenters. The Bertz CT molecular complexity index is 1000. The van der Waals surface area contributed by atoms with Crippen molar-refractivity contribution >= 4 is 11.9 Å². The topological polar surface area (TPSA) is 73.9 Å². The highest BCUT2D eigenvalue weighted by Crippen LogP contribution is 2.20. The van der Waals surface area contributed by atoms with E-state index < -0.39 is 5.97 Å². The normalized spacial score (nSPS) is 10.2. The molecule has 0 aromatic heterocycles. The van der Waals surface area contributed by atoms with Gasteiger partial charge in [-0.15, -0.1) is 0 Å². The molecule has 1 amide bonds. The molecular formula is C25H25NO5. The van der Waals surface area contributed by atoms with Gasteiger partial charge in [0.1, 0.15) is 23.7 Å². The second-order valence-corrected chi connectivity index (χ2v) is 6.76. The fourth-order valence-electron chi connectivity index (χ4n) is 3.00. The summed E-state index contributed by atoms with van der Waals surface area (Å²) in [4.78, 5) is 24.5. The van der Waals surface area contributed by atoms with Gasteiger partial charge in [0, 0.05) is 6.54 Å². The molecule has 31 heavy (non-hydrogen) atoms. The van der Waals surface area contributed by atoms with Crippen molar-refractivity contribution in [3.63, 3.8) is 0 Å². The second kappa shape index (κ2) is 11.4. The molecule has 3 aromatic carbocycles. The fourth-order valence-corrected chi connectivity index (χ4v) is 3.00. The summed E-state index contributed by atoms with van der Waals surface area (Å²) in [7, 11) is 1.61. The van der Waals surface area contributed by atoms with Crippen LogP contribution < -0.4 is 14.8 Å². The molecule has 0 spiro atoms. The Kier molecular flexibility index (Phi) is 8.05. The van der Waals surface area contributed by atoms with Crippen LogP contribution in [0, 0.1) is 0 Å². The summed E-state index contributed by atoms with van der Waals surface area (Å²) in [6.45, 7) is 0.375. The molecule has 0 bridgehead atoms. The van der Waals surface area contributed by atoms with Gasteiger partial charge in [0.05, 0.1) is 7.11 Å². The Labute approximate surface area is 181 Å². The number of para-hydroxylation sites is 2. The van der Waals surface area contributed by atoms with Crippen molar-refractivity contribution in [3.05, 3.63) is 95.6 Å². The minimum Gasteiger partial charge on any atom is -0.496 e. The molecule has 160 valence electrons. The van der Waals surface area contributed by atoms with Crippen LogP contribution in [0.3, 0.4) is 0 Å².